The molecule has 53 heavy (non-hydrogen) atoms. The molecule has 1 spiro atoms. The molecule has 250 valence electrons. The highest BCUT2D eigenvalue weighted by Crippen LogP contribution is 2.42. The number of rotatable bonds is 4. The van der Waals surface area contributed by atoms with Crippen LogP contribution in [0.25, 0.3) is 21.9 Å². The second-order valence-electron chi connectivity index (χ2n) is 14.0. The maximum atomic E-state index is 6.77. The molecule has 8 aromatic carbocycles. The Morgan fingerprint density at radius 2 is 1.04 bits per heavy atom. The zero-order valence-corrected chi connectivity index (χ0v) is 31.0. The summed E-state index contributed by atoms with van der Waals surface area (Å²) in [7, 11) is -4.83. The molecule has 9 aromatic rings. The first-order valence-electron chi connectivity index (χ1n) is 18.2. The molecule has 3 heterocycles. The Balaban J connectivity index is 1.27. The maximum absolute atomic E-state index is 6.77. The number of fused-ring (bicyclic) bond motifs is 11. The van der Waals surface area contributed by atoms with Crippen LogP contribution in [0.5, 0.6) is 11.5 Å². The van der Waals surface area contributed by atoms with Crippen LogP contribution in [0.15, 0.2) is 199 Å². The van der Waals surface area contributed by atoms with Crippen LogP contribution in [0.4, 0.5) is 17.1 Å². The molecule has 0 saturated carbocycles. The van der Waals surface area contributed by atoms with Gasteiger partial charge in [0.1, 0.15) is 31.5 Å². The largest absolute Gasteiger partial charge is 0.458 e. The van der Waals surface area contributed by atoms with E-state index >= 15 is 0 Å². The summed E-state index contributed by atoms with van der Waals surface area (Å²) in [4.78, 5) is 2.43. The molecule has 0 N–H and O–H groups in total. The van der Waals surface area contributed by atoms with E-state index in [0.29, 0.717) is 0 Å². The summed E-state index contributed by atoms with van der Waals surface area (Å²) >= 11 is 0. The van der Waals surface area contributed by atoms with E-state index in [0.717, 1.165) is 50.5 Å². The topological polar surface area (TPSA) is 25.6 Å². The van der Waals surface area contributed by atoms with E-state index < -0.39 is 16.9 Å². The third-order valence-electron chi connectivity index (χ3n) is 11.3. The third-order valence-corrected chi connectivity index (χ3v) is 20.1. The summed E-state index contributed by atoms with van der Waals surface area (Å²) in [6, 6.07) is 71.1. The van der Waals surface area contributed by atoms with E-state index in [2.05, 4.69) is 193 Å². The number of benzene rings is 8. The average Bonchev–Trinajstić information content (AvgIpc) is 3.61. The standard InChI is InChI=1S/C48H33NO2Si2/c1-3-16-33(17-4-1)49(37-21-15-25-41-48(37)36-20-7-8-22-38(36)50-41)34-30-31-43-47(32-34)53(44-27-12-9-23-39(44)51-40-24-10-13-28-45(40)53)46-29-14-11-26-42(46)52(43)35-18-5-2-6-19-35/h1-32,52H. The van der Waals surface area contributed by atoms with Gasteiger partial charge < -0.3 is 14.1 Å². The summed E-state index contributed by atoms with van der Waals surface area (Å²) in [6.45, 7) is 0. The van der Waals surface area contributed by atoms with E-state index in [1.807, 2.05) is 6.07 Å². The molecule has 3 nitrogen and oxygen atoms in total. The minimum absolute atomic E-state index is 0.881. The van der Waals surface area contributed by atoms with Crippen molar-refractivity contribution >= 4 is 92.2 Å². The van der Waals surface area contributed by atoms with Crippen LogP contribution in [-0.4, -0.2) is 16.9 Å². The zero-order chi connectivity index (χ0) is 34.9. The first kappa shape index (κ1) is 30.2. The lowest BCUT2D eigenvalue weighted by atomic mass is 10.1. The van der Waals surface area contributed by atoms with Crippen molar-refractivity contribution in [3.05, 3.63) is 194 Å². The van der Waals surface area contributed by atoms with Crippen molar-refractivity contribution in [1.29, 1.82) is 0 Å². The molecule has 0 bridgehead atoms. The van der Waals surface area contributed by atoms with Gasteiger partial charge >= 0.3 is 0 Å². The smallest absolute Gasteiger partial charge is 0.188 e. The SMILES string of the molecule is c1ccc(N(c2ccc3c(c2)[Si]2(c4ccccc4Oc4ccccc42)c2ccccc2[SiH]3c2ccccc2)c2cccc3oc4ccccc4c23)cc1. The second kappa shape index (κ2) is 11.8. The van der Waals surface area contributed by atoms with Gasteiger partial charge in [-0.2, -0.15) is 0 Å². The van der Waals surface area contributed by atoms with Crippen molar-refractivity contribution < 1.29 is 9.15 Å². The van der Waals surface area contributed by atoms with E-state index in [-0.39, 0.29) is 0 Å². The Morgan fingerprint density at radius 3 is 1.81 bits per heavy atom. The van der Waals surface area contributed by atoms with Gasteiger partial charge in [0, 0.05) is 16.8 Å². The fourth-order valence-electron chi connectivity index (χ4n) is 9.19. The summed E-state index contributed by atoms with van der Waals surface area (Å²) in [6.07, 6.45) is 0. The lowest BCUT2D eigenvalue weighted by Crippen LogP contribution is -2.87. The van der Waals surface area contributed by atoms with Gasteiger partial charge in [0.25, 0.3) is 0 Å². The third kappa shape index (κ3) is 4.38. The molecule has 1 atom stereocenters. The van der Waals surface area contributed by atoms with Crippen LogP contribution in [0.1, 0.15) is 0 Å². The average molecular weight is 712 g/mol. The summed E-state index contributed by atoms with van der Waals surface area (Å²) in [5, 5.41) is 12.2. The van der Waals surface area contributed by atoms with Crippen molar-refractivity contribution in [2.24, 2.45) is 0 Å². The van der Waals surface area contributed by atoms with Crippen LogP contribution >= 0.6 is 0 Å². The van der Waals surface area contributed by atoms with Crippen LogP contribution < -0.4 is 45.9 Å². The molecule has 2 aliphatic rings. The number of ether oxygens (including phenoxy) is 1. The maximum Gasteiger partial charge on any atom is 0.188 e. The van der Waals surface area contributed by atoms with Crippen molar-refractivity contribution in [3.8, 4) is 11.5 Å². The van der Waals surface area contributed by atoms with Crippen molar-refractivity contribution in [1.82, 2.24) is 0 Å². The minimum atomic E-state index is -2.93. The fraction of sp³-hybridized carbons (Fsp3) is 0. The molecule has 0 aliphatic carbocycles. The molecule has 0 saturated heterocycles. The fourth-order valence-corrected chi connectivity index (χ4v) is 19.6. The molecule has 1 aromatic heterocycles. The zero-order valence-electron chi connectivity index (χ0n) is 28.8. The summed E-state index contributed by atoms with van der Waals surface area (Å²) in [5.74, 6) is 1.91. The van der Waals surface area contributed by atoms with E-state index in [1.165, 1.54) is 36.3 Å². The molecule has 11 rings (SSSR count). The van der Waals surface area contributed by atoms with Gasteiger partial charge in [-0.05, 0) is 75.3 Å². The number of hydrogen-bond acceptors (Lipinski definition) is 3. The Morgan fingerprint density at radius 1 is 0.434 bits per heavy atom. The molecule has 0 radical (unpaired) electrons. The lowest BCUT2D eigenvalue weighted by Gasteiger charge is -2.46. The van der Waals surface area contributed by atoms with Crippen LogP contribution in [0, 0.1) is 0 Å². The van der Waals surface area contributed by atoms with Gasteiger partial charge in [-0.15, -0.1) is 0 Å². The molecule has 1 unspecified atom stereocenters. The van der Waals surface area contributed by atoms with Gasteiger partial charge in [0.15, 0.2) is 8.07 Å². The Kier molecular flexibility index (Phi) is 6.74. The predicted molar refractivity (Wildman–Crippen MR) is 225 cm³/mol. The van der Waals surface area contributed by atoms with Crippen LogP contribution in [0.3, 0.4) is 0 Å². The van der Waals surface area contributed by atoms with Crippen LogP contribution in [-0.2, 0) is 0 Å². The van der Waals surface area contributed by atoms with Gasteiger partial charge in [-0.1, -0.05) is 155 Å². The molecular weight excluding hydrogens is 679 g/mol. The number of nitrogens with zero attached hydrogens (tertiary/aromatic N) is 1. The normalized spacial score (nSPS) is 14.9. The number of hydrogen-bond donors (Lipinski definition) is 0. The Bertz CT molecular complexity index is 2800. The van der Waals surface area contributed by atoms with Crippen molar-refractivity contribution in [2.75, 3.05) is 4.90 Å². The summed E-state index contributed by atoms with van der Waals surface area (Å²) in [5.41, 5.74) is 5.09. The number of anilines is 3. The second-order valence-corrected chi connectivity index (χ2v) is 20.4. The first-order valence-corrected chi connectivity index (χ1v) is 21.9. The Labute approximate surface area is 310 Å². The molecule has 0 amide bonds. The number of furan rings is 1. The highest BCUT2D eigenvalue weighted by Gasteiger charge is 2.53. The predicted octanol–water partition coefficient (Wildman–Crippen LogP) is 7.10. The monoisotopic (exact) mass is 711 g/mol. The molecule has 2 aliphatic heterocycles. The van der Waals surface area contributed by atoms with Gasteiger partial charge in [-0.3, -0.25) is 0 Å². The summed E-state index contributed by atoms with van der Waals surface area (Å²) < 4.78 is 13.2. The van der Waals surface area contributed by atoms with Crippen molar-refractivity contribution in [3.63, 3.8) is 0 Å². The van der Waals surface area contributed by atoms with Gasteiger partial charge in [0.2, 0.25) is 0 Å². The Hall–Kier alpha value is -6.41. The molecular formula is C48H33NO2Si2. The van der Waals surface area contributed by atoms with Gasteiger partial charge in [-0.25, -0.2) is 0 Å². The van der Waals surface area contributed by atoms with Crippen molar-refractivity contribution in [2.45, 2.75) is 0 Å². The molecule has 0 fully saturated rings. The van der Waals surface area contributed by atoms with E-state index in [1.54, 1.807) is 0 Å². The first-order chi connectivity index (χ1) is 26.3. The van der Waals surface area contributed by atoms with E-state index in [9.17, 15) is 0 Å². The van der Waals surface area contributed by atoms with Crippen LogP contribution in [0.2, 0.25) is 0 Å². The number of para-hydroxylation sites is 4. The minimum Gasteiger partial charge on any atom is -0.458 e. The highest BCUT2D eigenvalue weighted by molar-refractivity contribution is 7.27. The highest BCUT2D eigenvalue weighted by atomic mass is 28.3. The quantitative estimate of drug-likeness (QED) is 0.182. The van der Waals surface area contributed by atoms with E-state index in [4.69, 9.17) is 9.15 Å². The van der Waals surface area contributed by atoms with Gasteiger partial charge in [0.05, 0.1) is 11.1 Å². The molecule has 5 heteroatoms. The lowest BCUT2D eigenvalue weighted by molar-refractivity contribution is 0.487.